The van der Waals surface area contributed by atoms with E-state index in [-0.39, 0.29) is 17.3 Å². The van der Waals surface area contributed by atoms with Gasteiger partial charge in [-0.25, -0.2) is 0 Å². The molecule has 3 heteroatoms. The SMILES string of the molecule is CCC(C)C1CCCCC1C(=O)c1cccc(=O)n1C. The molecule has 0 bridgehead atoms. The fourth-order valence-corrected chi connectivity index (χ4v) is 3.47. The van der Waals surface area contributed by atoms with Gasteiger partial charge in [-0.05, 0) is 30.7 Å². The molecule has 0 N–H and O–H groups in total. The molecule has 3 unspecified atom stereocenters. The van der Waals surface area contributed by atoms with Gasteiger partial charge in [0.15, 0.2) is 5.78 Å². The second kappa shape index (κ2) is 6.38. The largest absolute Gasteiger partial charge is 0.309 e. The predicted molar refractivity (Wildman–Crippen MR) is 80.9 cm³/mol. The molecule has 0 aliphatic heterocycles. The maximum absolute atomic E-state index is 12.8. The number of hydrogen-bond acceptors (Lipinski definition) is 2. The van der Waals surface area contributed by atoms with Crippen LogP contribution in [-0.2, 0) is 7.05 Å². The molecule has 3 nitrogen and oxygen atoms in total. The average molecular weight is 275 g/mol. The summed E-state index contributed by atoms with van der Waals surface area (Å²) in [6.07, 6.45) is 5.59. The number of nitrogens with zero attached hydrogens (tertiary/aromatic N) is 1. The van der Waals surface area contributed by atoms with Crippen LogP contribution in [0.4, 0.5) is 0 Å². The lowest BCUT2D eigenvalue weighted by Crippen LogP contribution is -2.34. The van der Waals surface area contributed by atoms with E-state index >= 15 is 0 Å². The molecule has 2 rings (SSSR count). The van der Waals surface area contributed by atoms with E-state index in [1.165, 1.54) is 17.1 Å². The topological polar surface area (TPSA) is 39.1 Å². The minimum atomic E-state index is -0.105. The van der Waals surface area contributed by atoms with Crippen molar-refractivity contribution in [1.29, 1.82) is 0 Å². The summed E-state index contributed by atoms with van der Waals surface area (Å²) >= 11 is 0. The molecule has 1 heterocycles. The van der Waals surface area contributed by atoms with E-state index in [0.29, 0.717) is 17.5 Å². The van der Waals surface area contributed by atoms with Crippen molar-refractivity contribution in [2.75, 3.05) is 0 Å². The van der Waals surface area contributed by atoms with Gasteiger partial charge in [-0.1, -0.05) is 39.2 Å². The van der Waals surface area contributed by atoms with Crippen molar-refractivity contribution in [3.8, 4) is 0 Å². The molecular formula is C17H25NO2. The highest BCUT2D eigenvalue weighted by Crippen LogP contribution is 2.38. The number of pyridine rings is 1. The van der Waals surface area contributed by atoms with Gasteiger partial charge >= 0.3 is 0 Å². The monoisotopic (exact) mass is 275 g/mol. The minimum absolute atomic E-state index is 0.0895. The Labute approximate surface area is 121 Å². The van der Waals surface area contributed by atoms with Gasteiger partial charge in [0, 0.05) is 19.0 Å². The molecule has 0 spiro atoms. The van der Waals surface area contributed by atoms with Gasteiger partial charge in [0.25, 0.3) is 5.56 Å². The molecule has 0 saturated heterocycles. The molecule has 0 radical (unpaired) electrons. The van der Waals surface area contributed by atoms with Crippen molar-refractivity contribution in [3.63, 3.8) is 0 Å². The Morgan fingerprint density at radius 3 is 2.75 bits per heavy atom. The second-order valence-corrected chi connectivity index (χ2v) is 6.11. The Morgan fingerprint density at radius 2 is 2.05 bits per heavy atom. The van der Waals surface area contributed by atoms with Gasteiger partial charge in [-0.15, -0.1) is 0 Å². The van der Waals surface area contributed by atoms with Gasteiger partial charge in [-0.3, -0.25) is 9.59 Å². The normalized spacial score (nSPS) is 24.4. The molecule has 20 heavy (non-hydrogen) atoms. The van der Waals surface area contributed by atoms with Crippen molar-refractivity contribution in [1.82, 2.24) is 4.57 Å². The highest BCUT2D eigenvalue weighted by atomic mass is 16.1. The van der Waals surface area contributed by atoms with E-state index < -0.39 is 0 Å². The number of carbonyl (C=O) groups excluding carboxylic acids is 1. The highest BCUT2D eigenvalue weighted by molar-refractivity contribution is 5.96. The third-order valence-electron chi connectivity index (χ3n) is 4.97. The number of ketones is 1. The fraction of sp³-hybridized carbons (Fsp3) is 0.647. The van der Waals surface area contributed by atoms with E-state index in [9.17, 15) is 9.59 Å². The molecular weight excluding hydrogens is 250 g/mol. The Hall–Kier alpha value is -1.38. The van der Waals surface area contributed by atoms with Crippen molar-refractivity contribution in [2.24, 2.45) is 24.8 Å². The summed E-state index contributed by atoms with van der Waals surface area (Å²) in [4.78, 5) is 24.6. The summed E-state index contributed by atoms with van der Waals surface area (Å²) in [5.74, 6) is 1.29. The quantitative estimate of drug-likeness (QED) is 0.790. The van der Waals surface area contributed by atoms with Gasteiger partial charge in [-0.2, -0.15) is 0 Å². The summed E-state index contributed by atoms with van der Waals surface area (Å²) in [5.41, 5.74) is 0.462. The number of hydrogen-bond donors (Lipinski definition) is 0. The highest BCUT2D eigenvalue weighted by Gasteiger charge is 2.34. The molecule has 1 aliphatic rings. The molecule has 110 valence electrons. The first kappa shape index (κ1) is 15.0. The molecule has 3 atom stereocenters. The predicted octanol–water partition coefficient (Wildman–Crippen LogP) is 3.42. The number of Topliss-reactive ketones (excluding diaryl/α,β-unsaturated/α-hetero) is 1. The second-order valence-electron chi connectivity index (χ2n) is 6.11. The standard InChI is InChI=1S/C17H25NO2/c1-4-12(2)13-8-5-6-9-14(13)17(20)15-10-7-11-16(19)18(15)3/h7,10-14H,4-6,8-9H2,1-3H3. The molecule has 1 aromatic rings. The Balaban J connectivity index is 2.30. The number of rotatable bonds is 4. The fourth-order valence-electron chi connectivity index (χ4n) is 3.47. The molecule has 0 aromatic carbocycles. The first-order chi connectivity index (χ1) is 9.56. The summed E-state index contributed by atoms with van der Waals surface area (Å²) in [6, 6.07) is 4.98. The maximum atomic E-state index is 12.8. The van der Waals surface area contributed by atoms with Crippen LogP contribution in [0.3, 0.4) is 0 Å². The molecule has 1 fully saturated rings. The van der Waals surface area contributed by atoms with E-state index in [0.717, 1.165) is 25.7 Å². The third kappa shape index (κ3) is 2.87. The van der Waals surface area contributed by atoms with Crippen LogP contribution in [0, 0.1) is 17.8 Å². The first-order valence-corrected chi connectivity index (χ1v) is 7.76. The lowest BCUT2D eigenvalue weighted by atomic mass is 9.70. The van der Waals surface area contributed by atoms with Gasteiger partial charge in [0.05, 0.1) is 5.69 Å². The van der Waals surface area contributed by atoms with Gasteiger partial charge < -0.3 is 4.57 Å². The summed E-state index contributed by atoms with van der Waals surface area (Å²) in [5, 5.41) is 0. The lowest BCUT2D eigenvalue weighted by Gasteiger charge is -2.34. The lowest BCUT2D eigenvalue weighted by molar-refractivity contribution is 0.0752. The molecule has 1 saturated carbocycles. The Bertz CT molecular complexity index is 532. The number of carbonyl (C=O) groups is 1. The van der Waals surface area contributed by atoms with Crippen LogP contribution in [-0.4, -0.2) is 10.4 Å². The van der Waals surface area contributed by atoms with Crippen molar-refractivity contribution < 1.29 is 4.79 Å². The summed E-state index contributed by atoms with van der Waals surface area (Å²) < 4.78 is 1.49. The first-order valence-electron chi connectivity index (χ1n) is 7.76. The Morgan fingerprint density at radius 1 is 1.35 bits per heavy atom. The average Bonchev–Trinajstić information content (AvgIpc) is 2.48. The zero-order valence-electron chi connectivity index (χ0n) is 12.8. The maximum Gasteiger partial charge on any atom is 0.250 e. The van der Waals surface area contributed by atoms with E-state index in [4.69, 9.17) is 0 Å². The van der Waals surface area contributed by atoms with Crippen molar-refractivity contribution in [3.05, 3.63) is 34.2 Å². The zero-order chi connectivity index (χ0) is 14.7. The Kier molecular flexibility index (Phi) is 4.79. The molecule has 1 aromatic heterocycles. The van der Waals surface area contributed by atoms with Crippen LogP contribution in [0.25, 0.3) is 0 Å². The minimum Gasteiger partial charge on any atom is -0.309 e. The molecule has 1 aliphatic carbocycles. The van der Waals surface area contributed by atoms with Crippen LogP contribution in [0.1, 0.15) is 56.4 Å². The van der Waals surface area contributed by atoms with Crippen molar-refractivity contribution in [2.45, 2.75) is 46.0 Å². The van der Waals surface area contributed by atoms with E-state index in [1.807, 2.05) is 0 Å². The number of aromatic nitrogens is 1. The van der Waals surface area contributed by atoms with E-state index in [2.05, 4.69) is 13.8 Å². The van der Waals surface area contributed by atoms with Gasteiger partial charge in [0.2, 0.25) is 0 Å². The van der Waals surface area contributed by atoms with E-state index in [1.54, 1.807) is 19.2 Å². The third-order valence-corrected chi connectivity index (χ3v) is 4.97. The smallest absolute Gasteiger partial charge is 0.250 e. The van der Waals surface area contributed by atoms with Gasteiger partial charge in [0.1, 0.15) is 0 Å². The summed E-state index contributed by atoms with van der Waals surface area (Å²) in [7, 11) is 1.69. The van der Waals surface area contributed by atoms with Crippen LogP contribution in [0.5, 0.6) is 0 Å². The summed E-state index contributed by atoms with van der Waals surface area (Å²) in [6.45, 7) is 4.44. The van der Waals surface area contributed by atoms with Crippen molar-refractivity contribution >= 4 is 5.78 Å². The van der Waals surface area contributed by atoms with Crippen LogP contribution < -0.4 is 5.56 Å². The molecule has 0 amide bonds. The van der Waals surface area contributed by atoms with Crippen LogP contribution in [0.15, 0.2) is 23.0 Å². The van der Waals surface area contributed by atoms with Crippen LogP contribution in [0.2, 0.25) is 0 Å². The zero-order valence-corrected chi connectivity index (χ0v) is 12.8. The van der Waals surface area contributed by atoms with Crippen LogP contribution >= 0.6 is 0 Å².